The second kappa shape index (κ2) is 9.59. The minimum absolute atomic E-state index is 0.265. The fourth-order valence-corrected chi connectivity index (χ4v) is 2.91. The van der Waals surface area contributed by atoms with Crippen LogP contribution in [0.5, 0.6) is 0 Å². The first-order chi connectivity index (χ1) is 14.0. The van der Waals surface area contributed by atoms with Gasteiger partial charge in [0.25, 0.3) is 5.91 Å². The Bertz CT molecular complexity index is 946. The van der Waals surface area contributed by atoms with E-state index < -0.39 is 0 Å². The quantitative estimate of drug-likeness (QED) is 0.492. The number of benzene rings is 2. The largest absolute Gasteiger partial charge is 0.459 e. The fraction of sp³-hybridized carbons (Fsp3) is 0.217. The molecule has 0 saturated heterocycles. The average Bonchev–Trinajstić information content (AvgIpc) is 3.26. The van der Waals surface area contributed by atoms with Gasteiger partial charge in [-0.2, -0.15) is 0 Å². The van der Waals surface area contributed by atoms with Crippen molar-refractivity contribution < 1.29 is 9.21 Å². The van der Waals surface area contributed by atoms with Gasteiger partial charge in [-0.15, -0.1) is 0 Å². The summed E-state index contributed by atoms with van der Waals surface area (Å²) in [6.07, 6.45) is 1.48. The van der Waals surface area contributed by atoms with E-state index in [1.54, 1.807) is 19.2 Å². The third kappa shape index (κ3) is 5.72. The van der Waals surface area contributed by atoms with Crippen LogP contribution in [-0.2, 0) is 13.1 Å². The zero-order valence-electron chi connectivity index (χ0n) is 17.0. The van der Waals surface area contributed by atoms with Crippen LogP contribution in [0.3, 0.4) is 0 Å². The van der Waals surface area contributed by atoms with Gasteiger partial charge in [0.05, 0.1) is 6.26 Å². The molecule has 0 aliphatic rings. The molecule has 0 atom stereocenters. The van der Waals surface area contributed by atoms with Crippen LogP contribution >= 0.6 is 0 Å². The Balaban J connectivity index is 1.52. The van der Waals surface area contributed by atoms with Gasteiger partial charge in [-0.1, -0.05) is 42.0 Å². The van der Waals surface area contributed by atoms with E-state index in [1.807, 2.05) is 31.3 Å². The normalized spacial score (nSPS) is 11.2. The molecule has 0 fully saturated rings. The van der Waals surface area contributed by atoms with Gasteiger partial charge in [0.2, 0.25) is 0 Å². The standard InChI is InChI=1S/C23H26N4O2/c1-17-6-8-19(9-7-17)16-27(3)23(24-2)25-15-18-10-12-20(13-11-18)26-22(28)21-5-4-14-29-21/h4-14H,15-16H2,1-3H3,(H,24,25)(H,26,28). The van der Waals surface area contributed by atoms with Crippen LogP contribution in [0.15, 0.2) is 76.3 Å². The van der Waals surface area contributed by atoms with Gasteiger partial charge in [0, 0.05) is 32.9 Å². The second-order valence-corrected chi connectivity index (χ2v) is 6.87. The lowest BCUT2D eigenvalue weighted by Crippen LogP contribution is -2.38. The molecule has 3 rings (SSSR count). The number of carbonyl (C=O) groups is 1. The van der Waals surface area contributed by atoms with Crippen LogP contribution in [0.4, 0.5) is 5.69 Å². The highest BCUT2D eigenvalue weighted by atomic mass is 16.3. The van der Waals surface area contributed by atoms with Crippen molar-refractivity contribution in [2.24, 2.45) is 4.99 Å². The van der Waals surface area contributed by atoms with Crippen LogP contribution in [0, 0.1) is 6.92 Å². The molecule has 0 radical (unpaired) electrons. The first-order valence-corrected chi connectivity index (χ1v) is 9.46. The number of hydrogen-bond donors (Lipinski definition) is 2. The molecule has 1 aromatic heterocycles. The molecule has 2 aromatic carbocycles. The Labute approximate surface area is 171 Å². The minimum Gasteiger partial charge on any atom is -0.459 e. The van der Waals surface area contributed by atoms with E-state index >= 15 is 0 Å². The van der Waals surface area contributed by atoms with Gasteiger partial charge >= 0.3 is 0 Å². The summed E-state index contributed by atoms with van der Waals surface area (Å²) >= 11 is 0. The average molecular weight is 390 g/mol. The number of nitrogens with one attached hydrogen (secondary N) is 2. The van der Waals surface area contributed by atoms with Gasteiger partial charge in [0.15, 0.2) is 11.7 Å². The molecule has 29 heavy (non-hydrogen) atoms. The van der Waals surface area contributed by atoms with Crippen molar-refractivity contribution >= 4 is 17.6 Å². The van der Waals surface area contributed by atoms with Crippen molar-refractivity contribution in [1.29, 1.82) is 0 Å². The SMILES string of the molecule is CN=C(NCc1ccc(NC(=O)c2ccco2)cc1)N(C)Cc1ccc(C)cc1. The number of rotatable bonds is 6. The van der Waals surface area contributed by atoms with Gasteiger partial charge < -0.3 is 20.0 Å². The summed E-state index contributed by atoms with van der Waals surface area (Å²) in [7, 11) is 3.80. The summed E-state index contributed by atoms with van der Waals surface area (Å²) in [5.74, 6) is 0.843. The molecule has 1 amide bonds. The lowest BCUT2D eigenvalue weighted by molar-refractivity contribution is 0.0996. The number of furan rings is 1. The zero-order valence-corrected chi connectivity index (χ0v) is 17.0. The predicted octanol–water partition coefficient (Wildman–Crippen LogP) is 4.05. The maximum Gasteiger partial charge on any atom is 0.291 e. The van der Waals surface area contributed by atoms with Crippen LogP contribution in [0.25, 0.3) is 0 Å². The zero-order chi connectivity index (χ0) is 20.6. The molecular formula is C23H26N4O2. The summed E-state index contributed by atoms with van der Waals surface area (Å²) in [5, 5.41) is 6.19. The number of aliphatic imine (C=N–C) groups is 1. The molecule has 6 nitrogen and oxygen atoms in total. The first-order valence-electron chi connectivity index (χ1n) is 9.46. The van der Waals surface area contributed by atoms with Crippen molar-refractivity contribution in [1.82, 2.24) is 10.2 Å². The molecule has 150 valence electrons. The third-order valence-electron chi connectivity index (χ3n) is 4.52. The van der Waals surface area contributed by atoms with E-state index in [-0.39, 0.29) is 11.7 Å². The van der Waals surface area contributed by atoms with Crippen molar-refractivity contribution in [3.05, 3.63) is 89.4 Å². The van der Waals surface area contributed by atoms with Crippen molar-refractivity contribution in [3.8, 4) is 0 Å². The van der Waals surface area contributed by atoms with E-state index in [4.69, 9.17) is 4.42 Å². The topological polar surface area (TPSA) is 69.9 Å². The Hall–Kier alpha value is -3.54. The second-order valence-electron chi connectivity index (χ2n) is 6.87. The first kappa shape index (κ1) is 20.2. The van der Waals surface area contributed by atoms with Crippen molar-refractivity contribution in [3.63, 3.8) is 0 Å². The van der Waals surface area contributed by atoms with E-state index in [0.29, 0.717) is 6.54 Å². The number of guanidine groups is 1. The molecule has 0 aliphatic heterocycles. The summed E-state index contributed by atoms with van der Waals surface area (Å²) in [5.41, 5.74) is 4.29. The molecule has 6 heteroatoms. The molecule has 0 spiro atoms. The van der Waals surface area contributed by atoms with Gasteiger partial charge in [-0.25, -0.2) is 0 Å². The number of hydrogen-bond acceptors (Lipinski definition) is 3. The Morgan fingerprint density at radius 1 is 1.03 bits per heavy atom. The molecule has 1 heterocycles. The van der Waals surface area contributed by atoms with Gasteiger partial charge in [0.1, 0.15) is 0 Å². The van der Waals surface area contributed by atoms with E-state index in [2.05, 4.69) is 51.7 Å². The maximum absolute atomic E-state index is 12.0. The number of carbonyl (C=O) groups excluding carboxylic acids is 1. The summed E-state index contributed by atoms with van der Waals surface area (Å²) < 4.78 is 5.10. The monoisotopic (exact) mass is 390 g/mol. The van der Waals surface area contributed by atoms with Gasteiger partial charge in [-0.3, -0.25) is 9.79 Å². The predicted molar refractivity (Wildman–Crippen MR) is 116 cm³/mol. The van der Waals surface area contributed by atoms with Crippen molar-refractivity contribution in [2.45, 2.75) is 20.0 Å². The third-order valence-corrected chi connectivity index (χ3v) is 4.52. The molecule has 0 aliphatic carbocycles. The highest BCUT2D eigenvalue weighted by molar-refractivity contribution is 6.02. The van der Waals surface area contributed by atoms with E-state index in [1.165, 1.54) is 17.4 Å². The Morgan fingerprint density at radius 3 is 2.34 bits per heavy atom. The minimum atomic E-state index is -0.265. The Kier molecular flexibility index (Phi) is 6.68. The fourth-order valence-electron chi connectivity index (χ4n) is 2.91. The lowest BCUT2D eigenvalue weighted by Gasteiger charge is -2.22. The number of nitrogens with zero attached hydrogens (tertiary/aromatic N) is 2. The van der Waals surface area contributed by atoms with Crippen LogP contribution in [0.2, 0.25) is 0 Å². The van der Waals surface area contributed by atoms with Crippen LogP contribution in [-0.4, -0.2) is 30.9 Å². The Morgan fingerprint density at radius 2 is 1.72 bits per heavy atom. The highest BCUT2D eigenvalue weighted by Crippen LogP contribution is 2.12. The lowest BCUT2D eigenvalue weighted by atomic mass is 10.1. The molecule has 0 bridgehead atoms. The molecule has 2 N–H and O–H groups in total. The van der Waals surface area contributed by atoms with Gasteiger partial charge in [-0.05, 0) is 42.3 Å². The van der Waals surface area contributed by atoms with E-state index in [9.17, 15) is 4.79 Å². The van der Waals surface area contributed by atoms with Crippen molar-refractivity contribution in [2.75, 3.05) is 19.4 Å². The maximum atomic E-state index is 12.0. The smallest absolute Gasteiger partial charge is 0.291 e. The summed E-state index contributed by atoms with van der Waals surface area (Å²) in [4.78, 5) is 18.5. The summed E-state index contributed by atoms with van der Waals surface area (Å²) in [6.45, 7) is 3.50. The molecule has 0 saturated carbocycles. The van der Waals surface area contributed by atoms with Crippen LogP contribution in [0.1, 0.15) is 27.2 Å². The number of amides is 1. The molecular weight excluding hydrogens is 364 g/mol. The molecule has 3 aromatic rings. The molecule has 0 unspecified atom stereocenters. The number of anilines is 1. The van der Waals surface area contributed by atoms with Crippen LogP contribution < -0.4 is 10.6 Å². The summed E-state index contributed by atoms with van der Waals surface area (Å²) in [6, 6.07) is 19.5. The highest BCUT2D eigenvalue weighted by Gasteiger charge is 2.09. The number of aryl methyl sites for hydroxylation is 1. The van der Waals surface area contributed by atoms with E-state index in [0.717, 1.165) is 23.8 Å².